The molecule has 6 aromatic carbocycles. The first-order chi connectivity index (χ1) is 23.0. The van der Waals surface area contributed by atoms with Gasteiger partial charge < -0.3 is 19.7 Å². The summed E-state index contributed by atoms with van der Waals surface area (Å²) < 4.78 is 12.4. The van der Waals surface area contributed by atoms with Gasteiger partial charge in [0.2, 0.25) is 0 Å². The van der Waals surface area contributed by atoms with Crippen molar-refractivity contribution in [1.82, 2.24) is 0 Å². The van der Waals surface area contributed by atoms with Crippen LogP contribution in [0.4, 0.5) is 0 Å². The molecule has 0 aliphatic heterocycles. The molecule has 2 atom stereocenters. The lowest BCUT2D eigenvalue weighted by atomic mass is 9.64. The van der Waals surface area contributed by atoms with Crippen LogP contribution in [0, 0.1) is 0 Å². The van der Waals surface area contributed by atoms with Crippen molar-refractivity contribution < 1.29 is 19.7 Å². The zero-order chi connectivity index (χ0) is 32.6. The maximum atomic E-state index is 10.1. The molecule has 0 aromatic heterocycles. The zero-order valence-corrected chi connectivity index (χ0v) is 26.8. The van der Waals surface area contributed by atoms with Crippen LogP contribution >= 0.6 is 0 Å². The largest absolute Gasteiger partial charge is 0.490 e. The second-order valence-electron chi connectivity index (χ2n) is 12.0. The molecule has 2 unspecified atom stereocenters. The van der Waals surface area contributed by atoms with E-state index in [1.807, 2.05) is 60.7 Å². The Morgan fingerprint density at radius 2 is 0.787 bits per heavy atom. The van der Waals surface area contributed by atoms with Gasteiger partial charge in [-0.15, -0.1) is 0 Å². The fraction of sp³-hybridized carbons (Fsp3) is 0.163. The molecule has 236 valence electrons. The maximum Gasteiger partial charge on any atom is 0.127 e. The van der Waals surface area contributed by atoms with Crippen molar-refractivity contribution in [2.45, 2.75) is 31.5 Å². The van der Waals surface area contributed by atoms with E-state index in [1.54, 1.807) is 13.8 Å². The summed E-state index contributed by atoms with van der Waals surface area (Å²) in [6.45, 7) is 3.84. The van der Waals surface area contributed by atoms with Crippen LogP contribution in [0.15, 0.2) is 158 Å². The van der Waals surface area contributed by atoms with Gasteiger partial charge in [-0.05, 0) is 71.5 Å². The van der Waals surface area contributed by atoms with Crippen molar-refractivity contribution in [3.63, 3.8) is 0 Å². The van der Waals surface area contributed by atoms with E-state index in [0.29, 0.717) is 11.5 Å². The van der Waals surface area contributed by atoms with E-state index in [2.05, 4.69) is 97.1 Å². The summed E-state index contributed by atoms with van der Waals surface area (Å²) >= 11 is 0. The molecule has 6 rings (SSSR count). The summed E-state index contributed by atoms with van der Waals surface area (Å²) in [7, 11) is 0. The van der Waals surface area contributed by atoms with Gasteiger partial charge in [0.25, 0.3) is 0 Å². The van der Waals surface area contributed by atoms with Gasteiger partial charge in [-0.3, -0.25) is 0 Å². The molecule has 47 heavy (non-hydrogen) atoms. The number of benzene rings is 6. The van der Waals surface area contributed by atoms with Crippen LogP contribution in [0.2, 0.25) is 0 Å². The van der Waals surface area contributed by atoms with Gasteiger partial charge in [0.05, 0.1) is 17.6 Å². The minimum atomic E-state index is -0.735. The van der Waals surface area contributed by atoms with E-state index in [9.17, 15) is 10.2 Å². The monoisotopic (exact) mass is 620 g/mol. The summed E-state index contributed by atoms with van der Waals surface area (Å²) in [5.74, 6) is 1.42. The van der Waals surface area contributed by atoms with Crippen LogP contribution in [-0.2, 0) is 5.41 Å². The van der Waals surface area contributed by atoms with Gasteiger partial charge in [0, 0.05) is 11.1 Å². The molecule has 2 N–H and O–H groups in total. The van der Waals surface area contributed by atoms with Crippen molar-refractivity contribution in [2.24, 2.45) is 0 Å². The third kappa shape index (κ3) is 6.85. The standard InChI is InChI=1S/C43H40O4/c1-31(44)29-46-41-25-23-37(27-39(41)33-15-7-3-8-16-33)43(35-19-11-5-12-20-35,36-21-13-6-14-22-36)38-24-26-42(47-30-32(2)45)40(28-38)34-17-9-4-10-18-34/h3-28,31-32,44-45H,29-30H2,1-2H3. The lowest BCUT2D eigenvalue weighted by Gasteiger charge is -2.38. The third-order valence-corrected chi connectivity index (χ3v) is 8.37. The molecule has 0 amide bonds. The SMILES string of the molecule is CC(O)COc1ccc(C(c2ccccc2)(c2ccccc2)c2ccc(OCC(C)O)c(-c3ccccc3)c2)cc1-c1ccccc1. The lowest BCUT2D eigenvalue weighted by Crippen LogP contribution is -2.31. The summed E-state index contributed by atoms with van der Waals surface area (Å²) in [5.41, 5.74) is 7.55. The second kappa shape index (κ2) is 14.5. The summed E-state index contributed by atoms with van der Waals surface area (Å²) in [6.07, 6.45) is -1.20. The van der Waals surface area contributed by atoms with Gasteiger partial charge in [0.1, 0.15) is 24.7 Å². The summed E-state index contributed by atoms with van der Waals surface area (Å²) in [5, 5.41) is 20.1. The average molecular weight is 621 g/mol. The normalized spacial score (nSPS) is 12.7. The van der Waals surface area contributed by atoms with Crippen molar-refractivity contribution in [3.05, 3.63) is 180 Å². The number of aliphatic hydroxyl groups excluding tert-OH is 2. The van der Waals surface area contributed by atoms with Crippen LogP contribution in [-0.4, -0.2) is 35.6 Å². The maximum absolute atomic E-state index is 10.1. The summed E-state index contributed by atoms with van der Waals surface area (Å²) in [4.78, 5) is 0. The minimum Gasteiger partial charge on any atom is -0.490 e. The van der Waals surface area contributed by atoms with E-state index >= 15 is 0 Å². The van der Waals surface area contributed by atoms with Crippen molar-refractivity contribution in [1.29, 1.82) is 0 Å². The van der Waals surface area contributed by atoms with Crippen molar-refractivity contribution >= 4 is 0 Å². The molecule has 0 bridgehead atoms. The predicted molar refractivity (Wildman–Crippen MR) is 190 cm³/mol. The highest BCUT2D eigenvalue weighted by Gasteiger charge is 2.39. The number of hydrogen-bond acceptors (Lipinski definition) is 4. The molecule has 4 nitrogen and oxygen atoms in total. The van der Waals surface area contributed by atoms with Crippen molar-refractivity contribution in [3.8, 4) is 33.8 Å². The molecule has 0 saturated carbocycles. The second-order valence-corrected chi connectivity index (χ2v) is 12.0. The fourth-order valence-electron chi connectivity index (χ4n) is 6.26. The average Bonchev–Trinajstić information content (AvgIpc) is 3.12. The van der Waals surface area contributed by atoms with Gasteiger partial charge in [-0.25, -0.2) is 0 Å². The molecule has 4 heteroatoms. The fourth-order valence-corrected chi connectivity index (χ4v) is 6.26. The molecule has 0 aliphatic carbocycles. The first-order valence-electron chi connectivity index (χ1n) is 16.1. The van der Waals surface area contributed by atoms with Gasteiger partial charge in [-0.1, -0.05) is 133 Å². The number of rotatable bonds is 12. The molecular weight excluding hydrogens is 580 g/mol. The van der Waals surface area contributed by atoms with Crippen LogP contribution in [0.1, 0.15) is 36.1 Å². The van der Waals surface area contributed by atoms with Crippen LogP contribution in [0.25, 0.3) is 22.3 Å². The Bertz CT molecular complexity index is 1730. The van der Waals surface area contributed by atoms with E-state index in [0.717, 1.165) is 44.5 Å². The van der Waals surface area contributed by atoms with E-state index in [-0.39, 0.29) is 13.2 Å². The molecule has 6 aromatic rings. The van der Waals surface area contributed by atoms with E-state index < -0.39 is 17.6 Å². The molecule has 0 spiro atoms. The molecule has 0 heterocycles. The third-order valence-electron chi connectivity index (χ3n) is 8.37. The highest BCUT2D eigenvalue weighted by atomic mass is 16.5. The molecule has 0 aliphatic rings. The number of hydrogen-bond donors (Lipinski definition) is 2. The Kier molecular flexibility index (Phi) is 9.82. The highest BCUT2D eigenvalue weighted by molar-refractivity contribution is 5.76. The highest BCUT2D eigenvalue weighted by Crippen LogP contribution is 2.49. The molecule has 0 saturated heterocycles. The quantitative estimate of drug-likeness (QED) is 0.134. The van der Waals surface area contributed by atoms with Gasteiger partial charge in [0.15, 0.2) is 0 Å². The van der Waals surface area contributed by atoms with Gasteiger partial charge in [-0.2, -0.15) is 0 Å². The smallest absolute Gasteiger partial charge is 0.127 e. The first-order valence-corrected chi connectivity index (χ1v) is 16.1. The first kappa shape index (κ1) is 31.8. The molecule has 0 fully saturated rings. The zero-order valence-electron chi connectivity index (χ0n) is 26.8. The van der Waals surface area contributed by atoms with Crippen LogP contribution in [0.5, 0.6) is 11.5 Å². The molecular formula is C43H40O4. The molecule has 0 radical (unpaired) electrons. The Hall–Kier alpha value is -5.16. The number of aliphatic hydroxyl groups is 2. The Balaban J connectivity index is 1.67. The lowest BCUT2D eigenvalue weighted by molar-refractivity contribution is 0.123. The number of ether oxygens (including phenoxy) is 2. The van der Waals surface area contributed by atoms with E-state index in [1.165, 1.54) is 0 Å². The Labute approximate surface area is 277 Å². The minimum absolute atomic E-state index is 0.191. The topological polar surface area (TPSA) is 58.9 Å². The van der Waals surface area contributed by atoms with Crippen LogP contribution < -0.4 is 9.47 Å². The Morgan fingerprint density at radius 3 is 1.13 bits per heavy atom. The van der Waals surface area contributed by atoms with Gasteiger partial charge >= 0.3 is 0 Å². The Morgan fingerprint density at radius 1 is 0.447 bits per heavy atom. The predicted octanol–water partition coefficient (Wildman–Crippen LogP) is 8.92. The van der Waals surface area contributed by atoms with E-state index in [4.69, 9.17) is 9.47 Å². The van der Waals surface area contributed by atoms with Crippen LogP contribution in [0.3, 0.4) is 0 Å². The van der Waals surface area contributed by atoms with Crippen molar-refractivity contribution in [2.75, 3.05) is 13.2 Å². The summed E-state index contributed by atoms with van der Waals surface area (Å²) in [6, 6.07) is 54.5.